The Balaban J connectivity index is 2.13. The summed E-state index contributed by atoms with van der Waals surface area (Å²) in [5.74, 6) is 6.42. The number of likely N-dealkylation sites (tertiary alicyclic amines) is 1. The number of carbonyl (C=O) groups is 1. The van der Waals surface area contributed by atoms with Crippen LogP contribution in [-0.2, 0) is 0 Å². The van der Waals surface area contributed by atoms with Crippen molar-refractivity contribution >= 4 is 11.7 Å². The molecular formula is C12H18N4O. The molecule has 0 aromatic carbocycles. The van der Waals surface area contributed by atoms with Gasteiger partial charge < -0.3 is 10.3 Å². The van der Waals surface area contributed by atoms with E-state index in [0.29, 0.717) is 23.3 Å². The molecule has 1 aliphatic rings. The lowest BCUT2D eigenvalue weighted by Gasteiger charge is -2.21. The molecule has 2 unspecified atom stereocenters. The average Bonchev–Trinajstić information content (AvgIpc) is 2.68. The molecule has 3 N–H and O–H groups in total. The molecular weight excluding hydrogens is 216 g/mol. The number of nitrogens with two attached hydrogens (primary N) is 1. The number of pyridine rings is 1. The summed E-state index contributed by atoms with van der Waals surface area (Å²) in [5, 5.41) is 0. The first kappa shape index (κ1) is 11.9. The van der Waals surface area contributed by atoms with Crippen molar-refractivity contribution in [1.82, 2.24) is 9.88 Å². The zero-order chi connectivity index (χ0) is 12.4. The topological polar surface area (TPSA) is 71.2 Å². The molecule has 1 aliphatic heterocycles. The summed E-state index contributed by atoms with van der Waals surface area (Å²) in [4.78, 5) is 18.2. The Morgan fingerprint density at radius 1 is 1.53 bits per heavy atom. The van der Waals surface area contributed by atoms with Crippen molar-refractivity contribution in [3.8, 4) is 0 Å². The number of aromatic nitrogens is 1. The van der Waals surface area contributed by atoms with E-state index in [2.05, 4.69) is 24.3 Å². The first-order valence-electron chi connectivity index (χ1n) is 5.85. The van der Waals surface area contributed by atoms with Crippen molar-refractivity contribution in [2.45, 2.75) is 26.3 Å². The normalized spacial score (nSPS) is 23.8. The zero-order valence-corrected chi connectivity index (χ0v) is 10.2. The number of amides is 1. The van der Waals surface area contributed by atoms with Gasteiger partial charge in [-0.2, -0.15) is 0 Å². The van der Waals surface area contributed by atoms with Gasteiger partial charge in [0.15, 0.2) is 0 Å². The molecule has 1 saturated heterocycles. The summed E-state index contributed by atoms with van der Waals surface area (Å²) < 4.78 is 0. The van der Waals surface area contributed by atoms with Crippen molar-refractivity contribution in [1.29, 1.82) is 0 Å². The predicted octanol–water partition coefficient (Wildman–Crippen LogP) is 1.24. The van der Waals surface area contributed by atoms with E-state index < -0.39 is 0 Å². The Kier molecular flexibility index (Phi) is 3.28. The second-order valence-electron chi connectivity index (χ2n) is 4.72. The van der Waals surface area contributed by atoms with Crippen LogP contribution in [0.15, 0.2) is 18.3 Å². The molecule has 1 aromatic heterocycles. The highest BCUT2D eigenvalue weighted by Gasteiger charge is 2.30. The molecule has 0 radical (unpaired) electrons. The highest BCUT2D eigenvalue weighted by atomic mass is 16.2. The Morgan fingerprint density at radius 3 is 2.76 bits per heavy atom. The summed E-state index contributed by atoms with van der Waals surface area (Å²) in [6.45, 7) is 5.09. The minimum atomic E-state index is 0.0536. The molecule has 0 spiro atoms. The van der Waals surface area contributed by atoms with Crippen LogP contribution in [0, 0.1) is 5.92 Å². The van der Waals surface area contributed by atoms with Crippen molar-refractivity contribution in [3.63, 3.8) is 0 Å². The van der Waals surface area contributed by atoms with E-state index in [1.54, 1.807) is 18.3 Å². The number of anilines is 1. The molecule has 1 fully saturated rings. The lowest BCUT2D eigenvalue weighted by atomic mass is 10.1. The fraction of sp³-hybridized carbons (Fsp3) is 0.500. The highest BCUT2D eigenvalue weighted by molar-refractivity contribution is 5.94. The van der Waals surface area contributed by atoms with E-state index in [-0.39, 0.29) is 5.91 Å². The maximum atomic E-state index is 12.2. The summed E-state index contributed by atoms with van der Waals surface area (Å²) >= 11 is 0. The second-order valence-corrected chi connectivity index (χ2v) is 4.72. The maximum absolute atomic E-state index is 12.2. The number of nitrogens with one attached hydrogen (secondary N) is 1. The molecule has 2 rings (SSSR count). The minimum Gasteiger partial charge on any atom is -0.336 e. The monoisotopic (exact) mass is 234 g/mol. The molecule has 92 valence electrons. The average molecular weight is 234 g/mol. The number of nitrogens with zero attached hydrogens (tertiary/aromatic N) is 2. The largest absolute Gasteiger partial charge is 0.336 e. The first-order valence-corrected chi connectivity index (χ1v) is 5.85. The molecule has 2 heterocycles. The van der Waals surface area contributed by atoms with Gasteiger partial charge in [-0.05, 0) is 31.4 Å². The van der Waals surface area contributed by atoms with E-state index in [9.17, 15) is 4.79 Å². The van der Waals surface area contributed by atoms with Crippen LogP contribution in [0.4, 0.5) is 5.82 Å². The summed E-state index contributed by atoms with van der Waals surface area (Å²) in [6, 6.07) is 3.77. The molecule has 1 amide bonds. The van der Waals surface area contributed by atoms with Crippen LogP contribution in [0.5, 0.6) is 0 Å². The number of hydrogen-bond acceptors (Lipinski definition) is 4. The van der Waals surface area contributed by atoms with Gasteiger partial charge in [-0.25, -0.2) is 10.8 Å². The van der Waals surface area contributed by atoms with E-state index in [1.807, 2.05) is 4.90 Å². The van der Waals surface area contributed by atoms with Gasteiger partial charge in [0.25, 0.3) is 5.91 Å². The second kappa shape index (κ2) is 4.71. The summed E-state index contributed by atoms with van der Waals surface area (Å²) in [7, 11) is 0. The van der Waals surface area contributed by atoms with Gasteiger partial charge in [-0.1, -0.05) is 6.92 Å². The molecule has 5 nitrogen and oxygen atoms in total. The van der Waals surface area contributed by atoms with Crippen molar-refractivity contribution < 1.29 is 4.79 Å². The molecule has 1 aromatic rings. The van der Waals surface area contributed by atoms with Gasteiger partial charge >= 0.3 is 0 Å². The third kappa shape index (κ3) is 2.39. The number of carbonyl (C=O) groups excluding carboxylic acids is 1. The number of hydrazine groups is 1. The number of hydrogen-bond donors (Lipinski definition) is 2. The lowest BCUT2D eigenvalue weighted by Crippen LogP contribution is -2.34. The van der Waals surface area contributed by atoms with Crippen molar-refractivity contribution in [3.05, 3.63) is 23.9 Å². The molecule has 0 saturated carbocycles. The van der Waals surface area contributed by atoms with Gasteiger partial charge in [0, 0.05) is 18.8 Å². The first-order chi connectivity index (χ1) is 8.11. The van der Waals surface area contributed by atoms with E-state index in [0.717, 1.165) is 13.0 Å². The van der Waals surface area contributed by atoms with Crippen LogP contribution in [0.25, 0.3) is 0 Å². The molecule has 2 atom stereocenters. The fourth-order valence-corrected chi connectivity index (χ4v) is 2.35. The van der Waals surface area contributed by atoms with Crippen molar-refractivity contribution in [2.24, 2.45) is 11.8 Å². The van der Waals surface area contributed by atoms with E-state index in [4.69, 9.17) is 5.84 Å². The van der Waals surface area contributed by atoms with Crippen LogP contribution >= 0.6 is 0 Å². The smallest absolute Gasteiger partial charge is 0.255 e. The van der Waals surface area contributed by atoms with Crippen LogP contribution < -0.4 is 11.3 Å². The Morgan fingerprint density at radius 2 is 2.29 bits per heavy atom. The van der Waals surface area contributed by atoms with Gasteiger partial charge in [0.1, 0.15) is 5.82 Å². The fourth-order valence-electron chi connectivity index (χ4n) is 2.35. The molecule has 0 bridgehead atoms. The standard InChI is InChI=1S/C12H18N4O/c1-8-5-9(2)16(7-8)12(17)10-3-4-11(15-13)14-6-10/h3-4,6,8-9H,5,7,13H2,1-2H3,(H,14,15). The Hall–Kier alpha value is -1.62. The summed E-state index contributed by atoms with van der Waals surface area (Å²) in [6.07, 6.45) is 2.63. The van der Waals surface area contributed by atoms with Crippen LogP contribution in [0.1, 0.15) is 30.6 Å². The van der Waals surface area contributed by atoms with E-state index >= 15 is 0 Å². The minimum absolute atomic E-state index is 0.0536. The Bertz CT molecular complexity index is 403. The maximum Gasteiger partial charge on any atom is 0.255 e. The summed E-state index contributed by atoms with van der Waals surface area (Å²) in [5.41, 5.74) is 3.06. The van der Waals surface area contributed by atoms with Crippen molar-refractivity contribution in [2.75, 3.05) is 12.0 Å². The quantitative estimate of drug-likeness (QED) is 0.596. The molecule has 17 heavy (non-hydrogen) atoms. The molecule has 5 heteroatoms. The van der Waals surface area contributed by atoms with Gasteiger partial charge in [0.05, 0.1) is 5.56 Å². The van der Waals surface area contributed by atoms with Gasteiger partial charge in [0.2, 0.25) is 0 Å². The number of rotatable bonds is 2. The zero-order valence-electron chi connectivity index (χ0n) is 10.2. The van der Waals surface area contributed by atoms with Crippen LogP contribution in [-0.4, -0.2) is 28.4 Å². The Labute approximate surface area is 101 Å². The predicted molar refractivity (Wildman–Crippen MR) is 66.3 cm³/mol. The lowest BCUT2D eigenvalue weighted by molar-refractivity contribution is 0.0743. The van der Waals surface area contributed by atoms with Crippen LogP contribution in [0.3, 0.4) is 0 Å². The van der Waals surface area contributed by atoms with Gasteiger partial charge in [-0.3, -0.25) is 4.79 Å². The third-order valence-corrected chi connectivity index (χ3v) is 3.20. The number of nitrogen functional groups attached to an aromatic ring is 1. The third-order valence-electron chi connectivity index (χ3n) is 3.20. The highest BCUT2D eigenvalue weighted by Crippen LogP contribution is 2.24. The van der Waals surface area contributed by atoms with Gasteiger partial charge in [-0.15, -0.1) is 0 Å². The van der Waals surface area contributed by atoms with E-state index in [1.165, 1.54) is 0 Å². The SMILES string of the molecule is CC1CC(C)N(C(=O)c2ccc(NN)nc2)C1. The molecule has 0 aliphatic carbocycles. The van der Waals surface area contributed by atoms with Crippen LogP contribution in [0.2, 0.25) is 0 Å².